The van der Waals surface area contributed by atoms with Gasteiger partial charge < -0.3 is 31.3 Å². The van der Waals surface area contributed by atoms with Crippen molar-refractivity contribution in [1.82, 2.24) is 40.6 Å². The van der Waals surface area contributed by atoms with Crippen LogP contribution < -0.4 is 16.4 Å². The number of tetrazole rings is 1. The van der Waals surface area contributed by atoms with Crippen LogP contribution in [0.3, 0.4) is 0 Å². The Morgan fingerprint density at radius 2 is 2.09 bits per heavy atom. The second-order valence-electron chi connectivity index (χ2n) is 9.23. The van der Waals surface area contributed by atoms with E-state index < -0.39 is 23.8 Å². The van der Waals surface area contributed by atoms with E-state index in [2.05, 4.69) is 26.0 Å². The summed E-state index contributed by atoms with van der Waals surface area (Å²) < 4.78 is 0. The van der Waals surface area contributed by atoms with E-state index in [1.54, 1.807) is 21.0 Å². The van der Waals surface area contributed by atoms with E-state index in [0.717, 1.165) is 4.80 Å². The number of aromatic nitrogens is 4. The molecule has 0 aliphatic carbocycles. The maximum absolute atomic E-state index is 13.0. The summed E-state index contributed by atoms with van der Waals surface area (Å²) >= 11 is 1.42. The van der Waals surface area contributed by atoms with Crippen LogP contribution in [0.2, 0.25) is 0 Å². The minimum absolute atomic E-state index is 0.00250. The number of nitrogen functional groups attached to an aromatic ring is 1. The normalized spacial score (nSPS) is 28.5. The third-order valence-electron chi connectivity index (χ3n) is 6.60. The van der Waals surface area contributed by atoms with Gasteiger partial charge in [-0.15, -0.1) is 16.9 Å². The number of carboxylic acid groups (broad SMARTS) is 1. The van der Waals surface area contributed by atoms with Gasteiger partial charge in [-0.3, -0.25) is 14.4 Å². The number of amides is 3. The highest BCUT2D eigenvalue weighted by molar-refractivity contribution is 8.03. The SMILES string of the molecule is C[C@@H](NC(=O)Cn1nnc(N)n1)[C@H]1C(=O)N2C(C(=O)O)=C(S[C@@H]3CNC(C(=O)N(C)C)C3)[C@H](C)[C@H]12. The molecule has 2 saturated heterocycles. The molecule has 1 unspecified atom stereocenters. The van der Waals surface area contributed by atoms with Crippen LogP contribution >= 0.6 is 11.8 Å². The smallest absolute Gasteiger partial charge is 0.353 e. The quantitative estimate of drug-likeness (QED) is 0.287. The van der Waals surface area contributed by atoms with Gasteiger partial charge in [0.1, 0.15) is 12.2 Å². The van der Waals surface area contributed by atoms with Crippen molar-refractivity contribution in [3.05, 3.63) is 10.6 Å². The molecule has 6 atom stereocenters. The molecule has 15 heteroatoms. The lowest BCUT2D eigenvalue weighted by atomic mass is 9.78. The Labute approximate surface area is 205 Å². The first-order valence-electron chi connectivity index (χ1n) is 11.2. The summed E-state index contributed by atoms with van der Waals surface area (Å²) in [5, 5.41) is 26.8. The number of nitrogens with two attached hydrogens (primary N) is 1. The number of carboxylic acids is 1. The molecule has 14 nitrogen and oxygen atoms in total. The van der Waals surface area contributed by atoms with E-state index >= 15 is 0 Å². The standard InChI is InChI=1S/C20H29N9O5S/c1-8-14-13(9(2)23-12(30)7-28-25-20(21)24-26-28)18(32)29(14)15(19(33)34)16(8)35-10-5-11(22-6-10)17(31)27(3)4/h8-11,13-14,22H,5-7H2,1-4H3,(H2,21,25)(H,23,30)(H,33,34)/t8-,9-,10+,11?,13-,14-/m1/s1. The van der Waals surface area contributed by atoms with Crippen molar-refractivity contribution in [2.24, 2.45) is 11.8 Å². The monoisotopic (exact) mass is 507 g/mol. The Balaban J connectivity index is 1.43. The Morgan fingerprint density at radius 3 is 2.69 bits per heavy atom. The first-order valence-corrected chi connectivity index (χ1v) is 12.1. The van der Waals surface area contributed by atoms with Gasteiger partial charge >= 0.3 is 5.97 Å². The van der Waals surface area contributed by atoms with Gasteiger partial charge in [0.15, 0.2) is 0 Å². The van der Waals surface area contributed by atoms with E-state index in [1.165, 1.54) is 21.6 Å². The number of rotatable bonds is 8. The number of hydrogen-bond acceptors (Lipinski definition) is 10. The minimum atomic E-state index is -1.16. The predicted molar refractivity (Wildman–Crippen MR) is 124 cm³/mol. The molecular weight excluding hydrogens is 478 g/mol. The third-order valence-corrected chi connectivity index (χ3v) is 8.11. The molecule has 0 spiro atoms. The van der Waals surface area contributed by atoms with Crippen LogP contribution in [0.25, 0.3) is 0 Å². The van der Waals surface area contributed by atoms with Crippen molar-refractivity contribution >= 4 is 41.4 Å². The summed E-state index contributed by atoms with van der Waals surface area (Å²) in [5.41, 5.74) is 5.40. The highest BCUT2D eigenvalue weighted by Gasteiger charge is 2.60. The molecule has 1 aromatic rings. The molecule has 190 valence electrons. The average molecular weight is 508 g/mol. The highest BCUT2D eigenvalue weighted by atomic mass is 32.2. The fourth-order valence-corrected chi connectivity index (χ4v) is 6.49. The van der Waals surface area contributed by atoms with Crippen LogP contribution in [0.1, 0.15) is 20.3 Å². The first-order chi connectivity index (χ1) is 16.5. The van der Waals surface area contributed by atoms with Crippen LogP contribution in [0.15, 0.2) is 10.6 Å². The largest absolute Gasteiger partial charge is 0.477 e. The van der Waals surface area contributed by atoms with Crippen molar-refractivity contribution in [3.8, 4) is 0 Å². The second-order valence-corrected chi connectivity index (χ2v) is 10.6. The first kappa shape index (κ1) is 24.9. The summed E-state index contributed by atoms with van der Waals surface area (Å²) in [6.07, 6.45) is 0.570. The van der Waals surface area contributed by atoms with Gasteiger partial charge in [-0.25, -0.2) is 4.79 Å². The Kier molecular flexibility index (Phi) is 6.73. The summed E-state index contributed by atoms with van der Waals surface area (Å²) in [6.45, 7) is 3.97. The Morgan fingerprint density at radius 1 is 1.37 bits per heavy atom. The van der Waals surface area contributed by atoms with Gasteiger partial charge in [0.2, 0.25) is 17.7 Å². The molecule has 3 amide bonds. The lowest BCUT2D eigenvalue weighted by Crippen LogP contribution is -2.66. The van der Waals surface area contributed by atoms with Crippen molar-refractivity contribution < 1.29 is 24.3 Å². The van der Waals surface area contributed by atoms with Crippen LogP contribution in [-0.2, 0) is 25.7 Å². The van der Waals surface area contributed by atoms with Crippen molar-refractivity contribution in [2.75, 3.05) is 26.4 Å². The van der Waals surface area contributed by atoms with E-state index in [-0.39, 0.29) is 53.3 Å². The molecule has 5 N–H and O–H groups in total. The van der Waals surface area contributed by atoms with Gasteiger partial charge in [0.05, 0.1) is 18.0 Å². The number of hydrogen-bond donors (Lipinski definition) is 4. The molecule has 2 fully saturated rings. The molecular formula is C20H29N9O5S. The average Bonchev–Trinajstić information content (AvgIpc) is 3.46. The van der Waals surface area contributed by atoms with Crippen molar-refractivity contribution in [3.63, 3.8) is 0 Å². The number of carbonyl (C=O) groups is 4. The molecule has 35 heavy (non-hydrogen) atoms. The van der Waals surface area contributed by atoms with E-state index in [4.69, 9.17) is 5.73 Å². The lowest BCUT2D eigenvalue weighted by Gasteiger charge is -2.47. The fraction of sp³-hybridized carbons (Fsp3) is 0.650. The number of likely N-dealkylation sites (N-methyl/N-ethyl adjacent to an activating group) is 1. The topological polar surface area (TPSA) is 189 Å². The fourth-order valence-electron chi connectivity index (χ4n) is 5.01. The van der Waals surface area contributed by atoms with Crippen LogP contribution in [0.4, 0.5) is 5.95 Å². The van der Waals surface area contributed by atoms with E-state index in [1.807, 2.05) is 6.92 Å². The molecule has 0 saturated carbocycles. The number of β-lactam (4-membered cyclic amide) rings is 1. The molecule has 4 rings (SSSR count). The Hall–Kier alpha value is -3.20. The number of nitrogens with one attached hydrogen (secondary N) is 2. The molecule has 1 aromatic heterocycles. The van der Waals surface area contributed by atoms with E-state index in [0.29, 0.717) is 17.9 Å². The van der Waals surface area contributed by atoms with Gasteiger partial charge in [-0.1, -0.05) is 12.0 Å². The molecule has 3 aliphatic rings. The Bertz CT molecular complexity index is 1090. The van der Waals surface area contributed by atoms with Crippen LogP contribution in [-0.4, -0.2) is 103 Å². The van der Waals surface area contributed by atoms with Gasteiger partial charge in [0.25, 0.3) is 5.95 Å². The number of carbonyl (C=O) groups excluding carboxylic acids is 3. The van der Waals surface area contributed by atoms with Crippen molar-refractivity contribution in [2.45, 2.75) is 50.2 Å². The molecule has 3 aliphatic heterocycles. The van der Waals surface area contributed by atoms with Crippen molar-refractivity contribution in [1.29, 1.82) is 0 Å². The molecule has 0 aromatic carbocycles. The predicted octanol–water partition coefficient (Wildman–Crippen LogP) is -1.92. The zero-order valence-corrected chi connectivity index (χ0v) is 20.7. The zero-order chi connectivity index (χ0) is 25.6. The lowest BCUT2D eigenvalue weighted by molar-refractivity contribution is -0.158. The number of aliphatic carboxylic acids is 1. The van der Waals surface area contributed by atoms with E-state index in [9.17, 15) is 24.3 Å². The molecule has 0 bridgehead atoms. The maximum atomic E-state index is 13.0. The summed E-state index contributed by atoms with van der Waals surface area (Å²) in [6, 6.07) is -1.22. The number of nitrogens with zero attached hydrogens (tertiary/aromatic N) is 6. The van der Waals surface area contributed by atoms with Crippen LogP contribution in [0.5, 0.6) is 0 Å². The molecule has 0 radical (unpaired) electrons. The summed E-state index contributed by atoms with van der Waals surface area (Å²) in [5.74, 6) is -2.78. The summed E-state index contributed by atoms with van der Waals surface area (Å²) in [4.78, 5) is 54.4. The number of fused-ring (bicyclic) bond motifs is 1. The number of thioether (sulfide) groups is 1. The van der Waals surface area contributed by atoms with Gasteiger partial charge in [-0.2, -0.15) is 4.80 Å². The minimum Gasteiger partial charge on any atom is -0.477 e. The maximum Gasteiger partial charge on any atom is 0.353 e. The summed E-state index contributed by atoms with van der Waals surface area (Å²) in [7, 11) is 3.40. The number of anilines is 1. The van der Waals surface area contributed by atoms with Gasteiger partial charge in [0, 0.05) is 42.8 Å². The van der Waals surface area contributed by atoms with Crippen LogP contribution in [0, 0.1) is 11.8 Å². The third kappa shape index (κ3) is 4.57. The highest BCUT2D eigenvalue weighted by Crippen LogP contribution is 2.51. The van der Waals surface area contributed by atoms with Gasteiger partial charge in [-0.05, 0) is 18.6 Å². The molecule has 4 heterocycles. The second kappa shape index (κ2) is 9.45. The zero-order valence-electron chi connectivity index (χ0n) is 19.8.